The van der Waals surface area contributed by atoms with E-state index in [1.165, 1.54) is 0 Å². The second-order valence-corrected chi connectivity index (χ2v) is 5.42. The first-order valence-corrected chi connectivity index (χ1v) is 6.84. The van der Waals surface area contributed by atoms with Gasteiger partial charge in [-0.1, -0.05) is 30.3 Å². The predicted molar refractivity (Wildman–Crippen MR) is 75.4 cm³/mol. The highest BCUT2D eigenvalue weighted by Gasteiger charge is 2.37. The number of amides is 1. The van der Waals surface area contributed by atoms with Crippen LogP contribution in [0.2, 0.25) is 0 Å². The highest BCUT2D eigenvalue weighted by atomic mass is 16.4. The molecule has 0 radical (unpaired) electrons. The Kier molecular flexibility index (Phi) is 4.39. The number of carboxylic acids is 1. The number of carbonyl (C=O) groups is 2. The molecule has 1 fully saturated rings. The van der Waals surface area contributed by atoms with Crippen LogP contribution in [0.3, 0.4) is 0 Å². The first-order valence-electron chi connectivity index (χ1n) is 6.84. The highest BCUT2D eigenvalue weighted by Crippen LogP contribution is 2.19. The molecule has 108 valence electrons. The molecule has 1 amide bonds. The fourth-order valence-corrected chi connectivity index (χ4v) is 2.46. The van der Waals surface area contributed by atoms with E-state index in [2.05, 4.69) is 10.6 Å². The fraction of sp³-hybridized carbons (Fsp3) is 0.467. The van der Waals surface area contributed by atoms with E-state index >= 15 is 0 Å². The molecule has 2 rings (SSSR count). The molecule has 0 saturated carbocycles. The van der Waals surface area contributed by atoms with E-state index < -0.39 is 17.6 Å². The van der Waals surface area contributed by atoms with E-state index in [9.17, 15) is 14.7 Å². The van der Waals surface area contributed by atoms with Gasteiger partial charge in [-0.05, 0) is 31.9 Å². The predicted octanol–water partition coefficient (Wildman–Crippen LogP) is 0.941. The normalized spacial score (nSPS) is 23.2. The molecule has 0 spiro atoms. The first kappa shape index (κ1) is 14.5. The van der Waals surface area contributed by atoms with Crippen LogP contribution in [0.5, 0.6) is 0 Å². The summed E-state index contributed by atoms with van der Waals surface area (Å²) in [5, 5.41) is 15.1. The number of nitrogens with one attached hydrogen (secondary N) is 2. The number of hydrogen-bond acceptors (Lipinski definition) is 3. The Morgan fingerprint density at radius 1 is 1.40 bits per heavy atom. The summed E-state index contributed by atoms with van der Waals surface area (Å²) in [5.74, 6) is -1.25. The monoisotopic (exact) mass is 276 g/mol. The van der Waals surface area contributed by atoms with Crippen molar-refractivity contribution in [3.05, 3.63) is 35.9 Å². The Morgan fingerprint density at radius 2 is 2.10 bits per heavy atom. The summed E-state index contributed by atoms with van der Waals surface area (Å²) in [6, 6.07) is 8.41. The van der Waals surface area contributed by atoms with Crippen molar-refractivity contribution in [3.8, 4) is 0 Å². The van der Waals surface area contributed by atoms with Gasteiger partial charge in [0.05, 0.1) is 5.54 Å². The van der Waals surface area contributed by atoms with Crippen molar-refractivity contribution >= 4 is 11.9 Å². The maximum absolute atomic E-state index is 12.2. The number of carbonyl (C=O) groups excluding carboxylic acids is 1. The van der Waals surface area contributed by atoms with Gasteiger partial charge >= 0.3 is 5.97 Å². The Morgan fingerprint density at radius 3 is 2.65 bits per heavy atom. The lowest BCUT2D eigenvalue weighted by Crippen LogP contribution is -2.55. The summed E-state index contributed by atoms with van der Waals surface area (Å²) in [4.78, 5) is 23.6. The van der Waals surface area contributed by atoms with E-state index in [0.29, 0.717) is 0 Å². The Hall–Kier alpha value is -1.88. The van der Waals surface area contributed by atoms with Crippen molar-refractivity contribution in [1.29, 1.82) is 0 Å². The number of aliphatic carboxylic acids is 1. The maximum Gasteiger partial charge on any atom is 0.326 e. The molecule has 5 nitrogen and oxygen atoms in total. The molecule has 0 bridgehead atoms. The third-order valence-corrected chi connectivity index (χ3v) is 3.76. The quantitative estimate of drug-likeness (QED) is 0.748. The van der Waals surface area contributed by atoms with Gasteiger partial charge in [-0.25, -0.2) is 4.79 Å². The lowest BCUT2D eigenvalue weighted by atomic mass is 9.98. The fourth-order valence-electron chi connectivity index (χ4n) is 2.46. The molecular weight excluding hydrogens is 256 g/mol. The molecular formula is C15H20N2O3. The van der Waals surface area contributed by atoms with Crippen molar-refractivity contribution in [2.45, 2.75) is 37.8 Å². The van der Waals surface area contributed by atoms with Gasteiger partial charge in [-0.3, -0.25) is 4.79 Å². The van der Waals surface area contributed by atoms with Crippen LogP contribution in [0.15, 0.2) is 30.3 Å². The molecule has 0 aromatic heterocycles. The minimum absolute atomic E-state index is 0.238. The Balaban J connectivity index is 2.02. The summed E-state index contributed by atoms with van der Waals surface area (Å²) in [5.41, 5.74) is 0.245. The second-order valence-electron chi connectivity index (χ2n) is 5.42. The lowest BCUT2D eigenvalue weighted by molar-refractivity contribution is -0.142. The van der Waals surface area contributed by atoms with Gasteiger partial charge in [0.2, 0.25) is 5.91 Å². The number of benzene rings is 1. The van der Waals surface area contributed by atoms with Crippen LogP contribution in [-0.2, 0) is 16.0 Å². The van der Waals surface area contributed by atoms with Gasteiger partial charge in [0.25, 0.3) is 0 Å². The average molecular weight is 276 g/mol. The molecule has 1 aromatic rings. The van der Waals surface area contributed by atoms with Crippen LogP contribution >= 0.6 is 0 Å². The van der Waals surface area contributed by atoms with Gasteiger partial charge in [-0.15, -0.1) is 0 Å². The summed E-state index contributed by atoms with van der Waals surface area (Å²) in [6.07, 6.45) is 1.95. The van der Waals surface area contributed by atoms with Gasteiger partial charge in [-0.2, -0.15) is 0 Å². The van der Waals surface area contributed by atoms with Gasteiger partial charge in [0.15, 0.2) is 0 Å². The minimum Gasteiger partial charge on any atom is -0.480 e. The van der Waals surface area contributed by atoms with E-state index in [1.807, 2.05) is 37.3 Å². The van der Waals surface area contributed by atoms with Crippen molar-refractivity contribution < 1.29 is 14.7 Å². The van der Waals surface area contributed by atoms with Crippen molar-refractivity contribution in [2.24, 2.45) is 0 Å². The van der Waals surface area contributed by atoms with E-state index in [0.717, 1.165) is 24.9 Å². The molecule has 3 N–H and O–H groups in total. The molecule has 1 aliphatic rings. The maximum atomic E-state index is 12.2. The van der Waals surface area contributed by atoms with Crippen LogP contribution in [0.25, 0.3) is 0 Å². The zero-order valence-electron chi connectivity index (χ0n) is 11.6. The summed E-state index contributed by atoms with van der Waals surface area (Å²) < 4.78 is 0. The van der Waals surface area contributed by atoms with Gasteiger partial charge < -0.3 is 15.7 Å². The summed E-state index contributed by atoms with van der Waals surface area (Å²) in [7, 11) is 0. The third-order valence-electron chi connectivity index (χ3n) is 3.76. The zero-order valence-corrected chi connectivity index (χ0v) is 11.6. The van der Waals surface area contributed by atoms with Crippen LogP contribution in [-0.4, -0.2) is 35.1 Å². The van der Waals surface area contributed by atoms with Crippen LogP contribution in [0.4, 0.5) is 0 Å². The van der Waals surface area contributed by atoms with Gasteiger partial charge in [0.1, 0.15) is 6.04 Å². The van der Waals surface area contributed by atoms with Crippen LogP contribution < -0.4 is 10.6 Å². The van der Waals surface area contributed by atoms with E-state index in [4.69, 9.17) is 0 Å². The van der Waals surface area contributed by atoms with Crippen LogP contribution in [0.1, 0.15) is 25.3 Å². The van der Waals surface area contributed by atoms with Crippen molar-refractivity contribution in [1.82, 2.24) is 10.6 Å². The topological polar surface area (TPSA) is 78.4 Å². The Labute approximate surface area is 118 Å². The number of hydrogen-bond donors (Lipinski definition) is 3. The molecule has 0 aliphatic carbocycles. The second kappa shape index (κ2) is 6.05. The van der Waals surface area contributed by atoms with Crippen molar-refractivity contribution in [3.63, 3.8) is 0 Å². The SMILES string of the molecule is C[C@@]1(C(=O)N[C@@H](Cc2ccccc2)C(=O)O)CCCN1. The zero-order chi connectivity index (χ0) is 14.6. The smallest absolute Gasteiger partial charge is 0.326 e. The van der Waals surface area contributed by atoms with Crippen LogP contribution in [0, 0.1) is 0 Å². The highest BCUT2D eigenvalue weighted by molar-refractivity contribution is 5.90. The number of rotatable bonds is 5. The first-order chi connectivity index (χ1) is 9.51. The molecule has 5 heteroatoms. The summed E-state index contributed by atoms with van der Waals surface area (Å²) >= 11 is 0. The van der Waals surface area contributed by atoms with Crippen molar-refractivity contribution in [2.75, 3.05) is 6.54 Å². The van der Waals surface area contributed by atoms with E-state index in [1.54, 1.807) is 0 Å². The number of carboxylic acid groups (broad SMARTS) is 1. The molecule has 1 saturated heterocycles. The molecule has 2 atom stereocenters. The van der Waals surface area contributed by atoms with E-state index in [-0.39, 0.29) is 12.3 Å². The molecule has 20 heavy (non-hydrogen) atoms. The Bertz CT molecular complexity index is 481. The lowest BCUT2D eigenvalue weighted by Gasteiger charge is -2.25. The largest absolute Gasteiger partial charge is 0.480 e. The molecule has 1 aromatic carbocycles. The molecule has 1 heterocycles. The molecule has 1 aliphatic heterocycles. The summed E-state index contributed by atoms with van der Waals surface area (Å²) in [6.45, 7) is 2.61. The third kappa shape index (κ3) is 3.36. The van der Waals surface area contributed by atoms with Gasteiger partial charge in [0, 0.05) is 6.42 Å². The average Bonchev–Trinajstić information content (AvgIpc) is 2.87. The minimum atomic E-state index is -1.01. The standard InChI is InChI=1S/C15H20N2O3/c1-15(8-5-9-16-15)14(20)17-12(13(18)19)10-11-6-3-2-4-7-11/h2-4,6-7,12,16H,5,8-10H2,1H3,(H,17,20)(H,18,19)/t12-,15-/m0/s1. The molecule has 0 unspecified atom stereocenters.